The van der Waals surface area contributed by atoms with Crippen LogP contribution in [-0.2, 0) is 15.0 Å². The van der Waals surface area contributed by atoms with Crippen molar-refractivity contribution in [3.05, 3.63) is 48.0 Å². The van der Waals surface area contributed by atoms with Crippen LogP contribution in [0.15, 0.2) is 42.5 Å². The molecule has 178 valence electrons. The molecule has 2 amide bonds. The molecule has 1 aliphatic heterocycles. The van der Waals surface area contributed by atoms with Crippen LogP contribution in [0.25, 0.3) is 0 Å². The van der Waals surface area contributed by atoms with Gasteiger partial charge in [-0.3, -0.25) is 9.59 Å². The van der Waals surface area contributed by atoms with Crippen LogP contribution < -0.4 is 19.7 Å². The molecule has 6 nitrogen and oxygen atoms in total. The Kier molecular flexibility index (Phi) is 7.06. The van der Waals surface area contributed by atoms with Gasteiger partial charge in [0.1, 0.15) is 18.1 Å². The second kappa shape index (κ2) is 9.46. The zero-order valence-corrected chi connectivity index (χ0v) is 20.8. The van der Waals surface area contributed by atoms with Gasteiger partial charge in [0.15, 0.2) is 6.61 Å². The first kappa shape index (κ1) is 24.6. The average Bonchev–Trinajstić information content (AvgIpc) is 2.82. The molecule has 3 rings (SSSR count). The van der Waals surface area contributed by atoms with E-state index in [9.17, 15) is 9.59 Å². The zero-order valence-electron chi connectivity index (χ0n) is 20.8. The van der Waals surface area contributed by atoms with Crippen molar-refractivity contribution in [3.63, 3.8) is 0 Å². The van der Waals surface area contributed by atoms with Crippen molar-refractivity contribution < 1.29 is 19.1 Å². The van der Waals surface area contributed by atoms with Gasteiger partial charge < -0.3 is 19.7 Å². The van der Waals surface area contributed by atoms with Crippen molar-refractivity contribution in [2.75, 3.05) is 30.0 Å². The van der Waals surface area contributed by atoms with Gasteiger partial charge in [0.2, 0.25) is 5.91 Å². The molecule has 0 atom stereocenters. The number of rotatable bonds is 6. The van der Waals surface area contributed by atoms with E-state index >= 15 is 0 Å². The highest BCUT2D eigenvalue weighted by molar-refractivity contribution is 6.00. The fourth-order valence-electron chi connectivity index (χ4n) is 3.67. The highest BCUT2D eigenvalue weighted by Gasteiger charge is 2.38. The average molecular weight is 453 g/mol. The van der Waals surface area contributed by atoms with Crippen molar-refractivity contribution in [2.24, 2.45) is 11.3 Å². The molecule has 0 bridgehead atoms. The van der Waals surface area contributed by atoms with Crippen LogP contribution in [0.5, 0.6) is 11.5 Å². The van der Waals surface area contributed by atoms with E-state index in [1.54, 1.807) is 17.0 Å². The lowest BCUT2D eigenvalue weighted by molar-refractivity contribution is -0.127. The largest absolute Gasteiger partial charge is 0.490 e. The van der Waals surface area contributed by atoms with E-state index in [0.717, 1.165) is 5.69 Å². The molecule has 2 aromatic rings. The Bertz CT molecular complexity index is 1000. The number of amides is 2. The number of hydrogen-bond acceptors (Lipinski definition) is 4. The third-order valence-electron chi connectivity index (χ3n) is 5.58. The molecule has 0 aliphatic carbocycles. The minimum atomic E-state index is -0.631. The number of anilines is 2. The van der Waals surface area contributed by atoms with Gasteiger partial charge >= 0.3 is 0 Å². The predicted octanol–water partition coefficient (Wildman–Crippen LogP) is 5.41. The number of nitrogens with zero attached hydrogens (tertiary/aromatic N) is 1. The lowest BCUT2D eigenvalue weighted by Crippen LogP contribution is -2.43. The molecule has 6 heteroatoms. The SMILES string of the molecule is CC(C)CN1C(=O)C(C)(C)COc2cc(NC(=O)COc3ccc(C(C)(C)C)cc3)ccc21. The Balaban J connectivity index is 1.68. The Morgan fingerprint density at radius 2 is 1.82 bits per heavy atom. The Morgan fingerprint density at radius 1 is 1.15 bits per heavy atom. The first-order valence-electron chi connectivity index (χ1n) is 11.5. The fraction of sp³-hybridized carbons (Fsp3) is 0.481. The van der Waals surface area contributed by atoms with Gasteiger partial charge in [-0.25, -0.2) is 0 Å². The van der Waals surface area contributed by atoms with Crippen molar-refractivity contribution in [1.29, 1.82) is 0 Å². The molecule has 0 fully saturated rings. The molecule has 1 heterocycles. The summed E-state index contributed by atoms with van der Waals surface area (Å²) in [5.74, 6) is 1.32. The first-order valence-corrected chi connectivity index (χ1v) is 11.5. The van der Waals surface area contributed by atoms with E-state index in [4.69, 9.17) is 9.47 Å². The second-order valence-corrected chi connectivity index (χ2v) is 10.8. The number of benzene rings is 2. The maximum Gasteiger partial charge on any atom is 0.262 e. The van der Waals surface area contributed by atoms with E-state index in [2.05, 4.69) is 39.9 Å². The van der Waals surface area contributed by atoms with Crippen LogP contribution in [0.3, 0.4) is 0 Å². The van der Waals surface area contributed by atoms with Crippen molar-refractivity contribution in [3.8, 4) is 11.5 Å². The lowest BCUT2D eigenvalue weighted by atomic mass is 9.87. The lowest BCUT2D eigenvalue weighted by Gasteiger charge is -2.29. The highest BCUT2D eigenvalue weighted by Crippen LogP contribution is 2.38. The van der Waals surface area contributed by atoms with Gasteiger partial charge in [-0.2, -0.15) is 0 Å². The predicted molar refractivity (Wildman–Crippen MR) is 132 cm³/mol. The van der Waals surface area contributed by atoms with E-state index in [1.807, 2.05) is 44.2 Å². The van der Waals surface area contributed by atoms with Crippen molar-refractivity contribution in [1.82, 2.24) is 0 Å². The maximum atomic E-state index is 13.1. The van der Waals surface area contributed by atoms with E-state index < -0.39 is 5.41 Å². The maximum absolute atomic E-state index is 13.1. The highest BCUT2D eigenvalue weighted by atomic mass is 16.5. The Hall–Kier alpha value is -3.02. The summed E-state index contributed by atoms with van der Waals surface area (Å²) in [5, 5.41) is 2.86. The quantitative estimate of drug-likeness (QED) is 0.636. The van der Waals surface area contributed by atoms with Crippen LogP contribution in [0.2, 0.25) is 0 Å². The number of hydrogen-bond donors (Lipinski definition) is 1. The van der Waals surface area contributed by atoms with Gasteiger partial charge in [0, 0.05) is 18.3 Å². The van der Waals surface area contributed by atoms with Crippen molar-refractivity contribution >= 4 is 23.2 Å². The second-order valence-electron chi connectivity index (χ2n) is 10.8. The van der Waals surface area contributed by atoms with Gasteiger partial charge in [0.05, 0.1) is 11.1 Å². The van der Waals surface area contributed by atoms with E-state index in [1.165, 1.54) is 5.56 Å². The van der Waals surface area contributed by atoms with Gasteiger partial charge in [0.25, 0.3) is 5.91 Å². The molecular formula is C27H36N2O4. The van der Waals surface area contributed by atoms with Gasteiger partial charge in [-0.05, 0) is 55.0 Å². The topological polar surface area (TPSA) is 67.9 Å². The van der Waals surface area contributed by atoms with E-state index in [-0.39, 0.29) is 30.4 Å². The number of carbonyl (C=O) groups excluding carboxylic acids is 2. The molecule has 1 N–H and O–H groups in total. The fourth-order valence-corrected chi connectivity index (χ4v) is 3.67. The number of ether oxygens (including phenoxy) is 2. The van der Waals surface area contributed by atoms with Crippen LogP contribution in [0, 0.1) is 11.3 Å². The molecule has 0 unspecified atom stereocenters. The Labute approximate surface area is 197 Å². The van der Waals surface area contributed by atoms with Gasteiger partial charge in [-0.1, -0.05) is 46.8 Å². The molecular weight excluding hydrogens is 416 g/mol. The zero-order chi connectivity index (χ0) is 24.4. The summed E-state index contributed by atoms with van der Waals surface area (Å²) >= 11 is 0. The van der Waals surface area contributed by atoms with Crippen LogP contribution >= 0.6 is 0 Å². The molecule has 2 aromatic carbocycles. The summed E-state index contributed by atoms with van der Waals surface area (Å²) in [7, 11) is 0. The summed E-state index contributed by atoms with van der Waals surface area (Å²) in [6.45, 7) is 15.2. The van der Waals surface area contributed by atoms with E-state index in [0.29, 0.717) is 29.6 Å². The molecule has 33 heavy (non-hydrogen) atoms. The summed E-state index contributed by atoms with van der Waals surface area (Å²) in [5.41, 5.74) is 1.97. The summed E-state index contributed by atoms with van der Waals surface area (Å²) < 4.78 is 11.6. The van der Waals surface area contributed by atoms with Crippen LogP contribution in [0.4, 0.5) is 11.4 Å². The third kappa shape index (κ3) is 6.06. The molecule has 0 aromatic heterocycles. The standard InChI is InChI=1S/C27H36N2O4/c1-18(2)15-29-22-13-10-20(14-23(22)33-17-27(6,7)25(29)31)28-24(30)16-32-21-11-8-19(9-12-21)26(3,4)5/h8-14,18H,15-17H2,1-7H3,(H,28,30). The first-order chi connectivity index (χ1) is 15.4. The molecule has 1 aliphatic rings. The molecule has 0 saturated carbocycles. The normalized spacial score (nSPS) is 15.5. The smallest absolute Gasteiger partial charge is 0.262 e. The van der Waals surface area contributed by atoms with Crippen molar-refractivity contribution in [2.45, 2.75) is 53.9 Å². The molecule has 0 radical (unpaired) electrons. The number of fused-ring (bicyclic) bond motifs is 1. The van der Waals surface area contributed by atoms with Gasteiger partial charge in [-0.15, -0.1) is 0 Å². The third-order valence-corrected chi connectivity index (χ3v) is 5.58. The molecule has 0 spiro atoms. The summed E-state index contributed by atoms with van der Waals surface area (Å²) in [4.78, 5) is 27.3. The number of carbonyl (C=O) groups is 2. The molecule has 0 saturated heterocycles. The summed E-state index contributed by atoms with van der Waals surface area (Å²) in [6.07, 6.45) is 0. The summed E-state index contributed by atoms with van der Waals surface area (Å²) in [6, 6.07) is 13.2. The Morgan fingerprint density at radius 3 is 2.42 bits per heavy atom. The van der Waals surface area contributed by atoms with Crippen LogP contribution in [-0.4, -0.2) is 31.6 Å². The monoisotopic (exact) mass is 452 g/mol. The minimum absolute atomic E-state index is 0.0395. The minimum Gasteiger partial charge on any atom is -0.490 e. The van der Waals surface area contributed by atoms with Crippen LogP contribution in [0.1, 0.15) is 54.0 Å². The number of nitrogens with one attached hydrogen (secondary N) is 1.